The molecule has 0 radical (unpaired) electrons. The van der Waals surface area contributed by atoms with Gasteiger partial charge in [0.2, 0.25) is 0 Å². The van der Waals surface area contributed by atoms with Gasteiger partial charge in [0.15, 0.2) is 0 Å². The van der Waals surface area contributed by atoms with Crippen LogP contribution in [0.5, 0.6) is 0 Å². The molecule has 2 nitrogen and oxygen atoms in total. The highest BCUT2D eigenvalue weighted by Crippen LogP contribution is 2.26. The van der Waals surface area contributed by atoms with E-state index in [0.717, 1.165) is 12.0 Å². The average molecular weight is 264 g/mol. The molecular formula is C15H24N2S. The van der Waals surface area contributed by atoms with Crippen LogP contribution in [0.4, 0.5) is 0 Å². The Labute approximate surface area is 114 Å². The summed E-state index contributed by atoms with van der Waals surface area (Å²) in [4.78, 5) is 5.64. The number of likely N-dealkylation sites (tertiary alicyclic amines) is 1. The molecular weight excluding hydrogens is 240 g/mol. The van der Waals surface area contributed by atoms with Crippen molar-refractivity contribution in [3.8, 4) is 0 Å². The van der Waals surface area contributed by atoms with Crippen LogP contribution in [-0.2, 0) is 6.54 Å². The fourth-order valence-corrected chi connectivity index (χ4v) is 4.40. The summed E-state index contributed by atoms with van der Waals surface area (Å²) in [6.07, 6.45) is 5.59. The molecule has 1 aromatic rings. The minimum Gasteiger partial charge on any atom is -0.314 e. The lowest BCUT2D eigenvalue weighted by Gasteiger charge is -2.35. The Balaban J connectivity index is 1.56. The molecule has 0 spiro atoms. The van der Waals surface area contributed by atoms with Crippen molar-refractivity contribution in [2.24, 2.45) is 5.92 Å². The number of hydrogen-bond donors (Lipinski definition) is 1. The van der Waals surface area contributed by atoms with Gasteiger partial charge in [-0.25, -0.2) is 0 Å². The van der Waals surface area contributed by atoms with Gasteiger partial charge >= 0.3 is 0 Å². The number of nitrogens with zero attached hydrogens (tertiary/aromatic N) is 1. The average Bonchev–Trinajstić information content (AvgIpc) is 3.01. The van der Waals surface area contributed by atoms with Crippen LogP contribution in [0.3, 0.4) is 0 Å². The molecule has 3 heteroatoms. The van der Waals surface area contributed by atoms with Crippen LogP contribution in [0.25, 0.3) is 0 Å². The normalized spacial score (nSPS) is 29.8. The van der Waals surface area contributed by atoms with E-state index in [9.17, 15) is 0 Å². The second kappa shape index (κ2) is 5.72. The number of thiophene rings is 1. The van der Waals surface area contributed by atoms with Gasteiger partial charge in [0, 0.05) is 28.9 Å². The van der Waals surface area contributed by atoms with Gasteiger partial charge in [-0.1, -0.05) is 0 Å². The molecule has 2 atom stereocenters. The number of nitrogens with one attached hydrogen (secondary N) is 1. The van der Waals surface area contributed by atoms with Gasteiger partial charge in [0.1, 0.15) is 0 Å². The number of hydrogen-bond acceptors (Lipinski definition) is 3. The molecule has 0 bridgehead atoms. The number of piperidine rings is 1. The van der Waals surface area contributed by atoms with E-state index in [1.54, 1.807) is 0 Å². The van der Waals surface area contributed by atoms with Crippen LogP contribution in [0.15, 0.2) is 12.1 Å². The highest BCUT2D eigenvalue weighted by molar-refractivity contribution is 7.11. The van der Waals surface area contributed by atoms with E-state index in [1.165, 1.54) is 61.6 Å². The van der Waals surface area contributed by atoms with Crippen LogP contribution in [0.1, 0.15) is 35.4 Å². The predicted molar refractivity (Wildman–Crippen MR) is 78.1 cm³/mol. The van der Waals surface area contributed by atoms with Crippen molar-refractivity contribution in [1.29, 1.82) is 0 Å². The van der Waals surface area contributed by atoms with Crippen LogP contribution in [-0.4, -0.2) is 30.6 Å². The summed E-state index contributed by atoms with van der Waals surface area (Å²) in [6, 6.07) is 5.36. The molecule has 0 amide bonds. The first-order chi connectivity index (χ1) is 8.81. The second-order valence-electron chi connectivity index (χ2n) is 5.85. The fraction of sp³-hybridized carbons (Fsp3) is 0.733. The van der Waals surface area contributed by atoms with E-state index in [-0.39, 0.29) is 0 Å². The van der Waals surface area contributed by atoms with Crippen molar-refractivity contribution in [2.75, 3.05) is 19.6 Å². The summed E-state index contributed by atoms with van der Waals surface area (Å²) in [5.41, 5.74) is 0. The van der Waals surface area contributed by atoms with E-state index in [2.05, 4.69) is 29.3 Å². The highest BCUT2D eigenvalue weighted by atomic mass is 32.1. The topological polar surface area (TPSA) is 15.3 Å². The molecule has 3 heterocycles. The maximum atomic E-state index is 3.69. The molecule has 2 aliphatic rings. The standard InChI is InChI=1S/C15H24N2S/c1-12-6-7-14(18-12)11-17-9-3-4-13(10-17)15-5-2-8-16-15/h6-7,13,15-16H,2-5,8-11H2,1H3. The zero-order valence-electron chi connectivity index (χ0n) is 11.3. The largest absolute Gasteiger partial charge is 0.314 e. The van der Waals surface area contributed by atoms with Gasteiger partial charge in [-0.05, 0) is 63.7 Å². The first-order valence-electron chi connectivity index (χ1n) is 7.32. The molecule has 2 unspecified atom stereocenters. The lowest BCUT2D eigenvalue weighted by Crippen LogP contribution is -2.43. The lowest BCUT2D eigenvalue weighted by atomic mass is 9.90. The molecule has 0 aliphatic carbocycles. The molecule has 3 rings (SSSR count). The zero-order valence-corrected chi connectivity index (χ0v) is 12.1. The maximum absolute atomic E-state index is 3.69. The predicted octanol–water partition coefficient (Wildman–Crippen LogP) is 3.02. The molecule has 2 aliphatic heterocycles. The van der Waals surface area contributed by atoms with Gasteiger partial charge in [-0.3, -0.25) is 4.90 Å². The third-order valence-electron chi connectivity index (χ3n) is 4.38. The van der Waals surface area contributed by atoms with Gasteiger partial charge in [-0.2, -0.15) is 0 Å². The third-order valence-corrected chi connectivity index (χ3v) is 5.37. The Kier molecular flexibility index (Phi) is 4.02. The summed E-state index contributed by atoms with van der Waals surface area (Å²) >= 11 is 1.96. The number of rotatable bonds is 3. The fourth-order valence-electron chi connectivity index (χ4n) is 3.47. The quantitative estimate of drug-likeness (QED) is 0.903. The summed E-state index contributed by atoms with van der Waals surface area (Å²) in [5.74, 6) is 0.891. The van der Waals surface area contributed by atoms with Gasteiger partial charge < -0.3 is 5.32 Å². The molecule has 1 aromatic heterocycles. The van der Waals surface area contributed by atoms with Crippen LogP contribution in [0, 0.1) is 12.8 Å². The Morgan fingerprint density at radius 3 is 3.00 bits per heavy atom. The third kappa shape index (κ3) is 2.95. The molecule has 0 aromatic carbocycles. The first kappa shape index (κ1) is 12.6. The van der Waals surface area contributed by atoms with Gasteiger partial charge in [0.05, 0.1) is 0 Å². The molecule has 0 saturated carbocycles. The molecule has 1 N–H and O–H groups in total. The number of aryl methyl sites for hydroxylation is 1. The molecule has 18 heavy (non-hydrogen) atoms. The molecule has 2 saturated heterocycles. The maximum Gasteiger partial charge on any atom is 0.0328 e. The summed E-state index contributed by atoms with van der Waals surface area (Å²) in [7, 11) is 0. The Hall–Kier alpha value is -0.380. The first-order valence-corrected chi connectivity index (χ1v) is 8.14. The molecule has 100 valence electrons. The van der Waals surface area contributed by atoms with Gasteiger partial charge in [0.25, 0.3) is 0 Å². The van der Waals surface area contributed by atoms with Gasteiger partial charge in [-0.15, -0.1) is 11.3 Å². The SMILES string of the molecule is Cc1ccc(CN2CCCC(C3CCCN3)C2)s1. The van der Waals surface area contributed by atoms with Crippen molar-refractivity contribution >= 4 is 11.3 Å². The van der Waals surface area contributed by atoms with E-state index in [0.29, 0.717) is 0 Å². The summed E-state index contributed by atoms with van der Waals surface area (Å²) < 4.78 is 0. The molecule has 2 fully saturated rings. The Morgan fingerprint density at radius 2 is 2.28 bits per heavy atom. The van der Waals surface area contributed by atoms with E-state index in [4.69, 9.17) is 0 Å². The minimum absolute atomic E-state index is 0.804. The van der Waals surface area contributed by atoms with Crippen molar-refractivity contribution in [3.63, 3.8) is 0 Å². The Bertz CT molecular complexity index is 382. The van der Waals surface area contributed by atoms with E-state index in [1.807, 2.05) is 11.3 Å². The van der Waals surface area contributed by atoms with E-state index >= 15 is 0 Å². The zero-order chi connectivity index (χ0) is 12.4. The summed E-state index contributed by atoms with van der Waals surface area (Å²) in [6.45, 7) is 7.21. The highest BCUT2D eigenvalue weighted by Gasteiger charge is 2.28. The summed E-state index contributed by atoms with van der Waals surface area (Å²) in [5, 5.41) is 3.69. The minimum atomic E-state index is 0.804. The van der Waals surface area contributed by atoms with Crippen molar-refractivity contribution in [3.05, 3.63) is 21.9 Å². The van der Waals surface area contributed by atoms with Crippen LogP contribution in [0.2, 0.25) is 0 Å². The van der Waals surface area contributed by atoms with Crippen molar-refractivity contribution in [2.45, 2.75) is 45.2 Å². The van der Waals surface area contributed by atoms with E-state index < -0.39 is 0 Å². The van der Waals surface area contributed by atoms with Crippen LogP contribution >= 0.6 is 11.3 Å². The second-order valence-corrected chi connectivity index (χ2v) is 7.23. The Morgan fingerprint density at radius 1 is 1.33 bits per heavy atom. The monoisotopic (exact) mass is 264 g/mol. The smallest absolute Gasteiger partial charge is 0.0328 e. The van der Waals surface area contributed by atoms with Crippen LogP contribution < -0.4 is 5.32 Å². The van der Waals surface area contributed by atoms with Crippen molar-refractivity contribution in [1.82, 2.24) is 10.2 Å². The lowest BCUT2D eigenvalue weighted by molar-refractivity contribution is 0.146. The van der Waals surface area contributed by atoms with Crippen molar-refractivity contribution < 1.29 is 0 Å².